The third-order valence-corrected chi connectivity index (χ3v) is 8.08. The molecule has 0 heterocycles. The Balaban J connectivity index is 1.55. The van der Waals surface area contributed by atoms with Gasteiger partial charge in [-0.3, -0.25) is 9.59 Å². The van der Waals surface area contributed by atoms with Gasteiger partial charge in [0.2, 0.25) is 0 Å². The van der Waals surface area contributed by atoms with E-state index in [2.05, 4.69) is 56.5 Å². The van der Waals surface area contributed by atoms with Crippen LogP contribution in [-0.2, 0) is 17.6 Å². The first-order valence-electron chi connectivity index (χ1n) is 15.1. The predicted octanol–water partition coefficient (Wildman–Crippen LogP) is 3.98. The fraction of sp³-hybridized carbons (Fsp3) is 0.529. The van der Waals surface area contributed by atoms with Crippen LogP contribution in [0.1, 0.15) is 48.9 Å². The van der Waals surface area contributed by atoms with E-state index < -0.39 is 23.0 Å². The number of aliphatic hydroxyl groups is 1. The van der Waals surface area contributed by atoms with Gasteiger partial charge in [0.05, 0.1) is 19.8 Å². The fourth-order valence-electron chi connectivity index (χ4n) is 5.28. The normalized spacial score (nSPS) is 13.6. The molecule has 3 aromatic carbocycles. The minimum atomic E-state index is -0.899. The van der Waals surface area contributed by atoms with Crippen LogP contribution in [0.2, 0.25) is 0 Å². The molecule has 0 saturated heterocycles. The maximum atomic E-state index is 12.3. The summed E-state index contributed by atoms with van der Waals surface area (Å²) in [6, 6.07) is 11.7. The highest BCUT2D eigenvalue weighted by atomic mass is 16.5. The monoisotopic (exact) mass is 595 g/mol. The van der Waals surface area contributed by atoms with Crippen LogP contribution < -0.4 is 36.7 Å². The van der Waals surface area contributed by atoms with Crippen molar-refractivity contribution in [3.8, 4) is 11.5 Å². The molecule has 0 amide bonds. The second-order valence-electron chi connectivity index (χ2n) is 11.8. The Morgan fingerprint density at radius 2 is 1.65 bits per heavy atom. The van der Waals surface area contributed by atoms with Crippen LogP contribution in [0.25, 0.3) is 0 Å². The van der Waals surface area contributed by atoms with Crippen molar-refractivity contribution in [2.75, 3.05) is 51.2 Å². The molecule has 0 aromatic heterocycles. The van der Waals surface area contributed by atoms with Crippen LogP contribution in [-0.4, -0.2) is 57.8 Å². The first kappa shape index (κ1) is 34.1. The molecule has 0 fully saturated rings. The average molecular weight is 596 g/mol. The van der Waals surface area contributed by atoms with Crippen molar-refractivity contribution in [3.63, 3.8) is 0 Å². The zero-order valence-corrected chi connectivity index (χ0v) is 26.5. The zero-order chi connectivity index (χ0) is 31.5. The highest BCUT2D eigenvalue weighted by Gasteiger charge is 2.25. The first-order valence-corrected chi connectivity index (χ1v) is 15.1. The molecule has 3 atom stereocenters. The number of nitrogens with one attached hydrogen (secondary N) is 2. The van der Waals surface area contributed by atoms with E-state index in [4.69, 9.17) is 19.9 Å². The molecular weight excluding hydrogens is 546 g/mol. The Hall–Kier alpha value is -3.40. The molecule has 5 N–H and O–H groups in total. The van der Waals surface area contributed by atoms with E-state index in [0.717, 1.165) is 24.8 Å². The molecule has 0 unspecified atom stereocenters. The standard InChI is InChI=1S/C34H49N3O6/c1-21(2)26(17-24-9-11-29(42-6)30(18-24)43-15-7-14-41-5)19-27(35)28(38)20-37-32-31(33(39)34(32)40)36-13-12-25-10-8-22(3)16-23(25)4/h8-11,16,18,21,26-28,36-38H,7,12-15,17,19-20,35H2,1-6H3/t26-,27-,28-/m0/s1. The van der Waals surface area contributed by atoms with Crippen molar-refractivity contribution < 1.29 is 19.3 Å². The van der Waals surface area contributed by atoms with Crippen molar-refractivity contribution >= 4 is 11.4 Å². The smallest absolute Gasteiger partial charge is 0.253 e. The second kappa shape index (κ2) is 16.4. The number of hydrogen-bond acceptors (Lipinski definition) is 9. The molecule has 0 spiro atoms. The average Bonchev–Trinajstić information content (AvgIpc) is 2.98. The molecule has 0 aliphatic rings. The molecule has 0 aliphatic carbocycles. The molecule has 236 valence electrons. The van der Waals surface area contributed by atoms with Gasteiger partial charge in [-0.1, -0.05) is 43.7 Å². The number of rotatable bonds is 19. The molecule has 3 rings (SSSR count). The number of ether oxygens (including phenoxy) is 3. The van der Waals surface area contributed by atoms with Crippen molar-refractivity contribution in [3.05, 3.63) is 79.1 Å². The number of hydrogen-bond donors (Lipinski definition) is 4. The lowest BCUT2D eigenvalue weighted by Gasteiger charge is -2.28. The fourth-order valence-corrected chi connectivity index (χ4v) is 5.28. The number of anilines is 2. The summed E-state index contributed by atoms with van der Waals surface area (Å²) in [5, 5.41) is 17.0. The minimum Gasteiger partial charge on any atom is -0.493 e. The van der Waals surface area contributed by atoms with Crippen LogP contribution in [0.3, 0.4) is 0 Å². The third-order valence-electron chi connectivity index (χ3n) is 8.08. The summed E-state index contributed by atoms with van der Waals surface area (Å²) in [5.74, 6) is 1.89. The summed E-state index contributed by atoms with van der Waals surface area (Å²) >= 11 is 0. The zero-order valence-electron chi connectivity index (χ0n) is 26.5. The summed E-state index contributed by atoms with van der Waals surface area (Å²) in [6.07, 6.45) is 1.95. The number of nitrogens with two attached hydrogens (primary N) is 1. The Bertz CT molecular complexity index is 1380. The van der Waals surface area contributed by atoms with E-state index in [1.807, 2.05) is 18.2 Å². The Morgan fingerprint density at radius 1 is 0.930 bits per heavy atom. The maximum Gasteiger partial charge on any atom is 0.253 e. The Labute approximate surface area is 255 Å². The highest BCUT2D eigenvalue weighted by Crippen LogP contribution is 2.31. The molecule has 0 aliphatic heterocycles. The van der Waals surface area contributed by atoms with Crippen molar-refractivity contribution in [1.29, 1.82) is 0 Å². The van der Waals surface area contributed by atoms with Gasteiger partial charge in [0.25, 0.3) is 10.9 Å². The van der Waals surface area contributed by atoms with Gasteiger partial charge in [-0.2, -0.15) is 0 Å². The molecule has 0 bridgehead atoms. The summed E-state index contributed by atoms with van der Waals surface area (Å²) in [5.41, 5.74) is 10.5. The molecule has 43 heavy (non-hydrogen) atoms. The lowest BCUT2D eigenvalue weighted by Crippen LogP contribution is -2.44. The largest absolute Gasteiger partial charge is 0.493 e. The summed E-state index contributed by atoms with van der Waals surface area (Å²) < 4.78 is 16.5. The highest BCUT2D eigenvalue weighted by molar-refractivity contribution is 5.74. The van der Waals surface area contributed by atoms with Gasteiger partial charge in [-0.25, -0.2) is 0 Å². The van der Waals surface area contributed by atoms with E-state index in [-0.39, 0.29) is 23.8 Å². The number of methoxy groups -OCH3 is 2. The van der Waals surface area contributed by atoms with Crippen LogP contribution >= 0.6 is 0 Å². The number of aliphatic hydroxyl groups excluding tert-OH is 1. The molecule has 3 aromatic rings. The topological polar surface area (TPSA) is 132 Å². The first-order chi connectivity index (χ1) is 20.5. The van der Waals surface area contributed by atoms with Gasteiger partial charge < -0.3 is 35.7 Å². The molecule has 9 heteroatoms. The van der Waals surface area contributed by atoms with Crippen LogP contribution in [0.4, 0.5) is 11.4 Å². The molecule has 0 radical (unpaired) electrons. The number of benzene rings is 2. The van der Waals surface area contributed by atoms with Crippen LogP contribution in [0.5, 0.6) is 11.5 Å². The second-order valence-corrected chi connectivity index (χ2v) is 11.8. The van der Waals surface area contributed by atoms with Gasteiger partial charge in [-0.05, 0) is 73.8 Å². The summed E-state index contributed by atoms with van der Waals surface area (Å²) in [6.45, 7) is 10.2. The van der Waals surface area contributed by atoms with E-state index in [0.29, 0.717) is 43.6 Å². The van der Waals surface area contributed by atoms with Crippen molar-refractivity contribution in [2.24, 2.45) is 17.6 Å². The predicted molar refractivity (Wildman–Crippen MR) is 174 cm³/mol. The van der Waals surface area contributed by atoms with Crippen LogP contribution in [0, 0.1) is 25.7 Å². The van der Waals surface area contributed by atoms with E-state index in [1.165, 1.54) is 16.7 Å². The van der Waals surface area contributed by atoms with E-state index in [1.54, 1.807) is 14.2 Å². The Morgan fingerprint density at radius 3 is 2.30 bits per heavy atom. The van der Waals surface area contributed by atoms with Gasteiger partial charge in [0.15, 0.2) is 11.5 Å². The van der Waals surface area contributed by atoms with E-state index >= 15 is 0 Å². The molecular formula is C34H49N3O6. The van der Waals surface area contributed by atoms with Crippen LogP contribution in [0.15, 0.2) is 46.0 Å². The third kappa shape index (κ3) is 9.55. The quantitative estimate of drug-likeness (QED) is 0.120. The summed E-state index contributed by atoms with van der Waals surface area (Å²) in [4.78, 5) is 24.5. The number of aryl methyl sites for hydroxylation is 2. The van der Waals surface area contributed by atoms with Gasteiger partial charge in [0, 0.05) is 39.3 Å². The van der Waals surface area contributed by atoms with Gasteiger partial charge in [-0.15, -0.1) is 0 Å². The molecule has 0 saturated carbocycles. The van der Waals surface area contributed by atoms with Gasteiger partial charge >= 0.3 is 0 Å². The maximum absolute atomic E-state index is 12.3. The van der Waals surface area contributed by atoms with Gasteiger partial charge in [0.1, 0.15) is 11.4 Å². The lowest BCUT2D eigenvalue weighted by molar-refractivity contribution is 0.137. The minimum absolute atomic E-state index is 0.0740. The lowest BCUT2D eigenvalue weighted by atomic mass is 9.83. The SMILES string of the molecule is COCCCOc1cc(C[C@@H](C[C@H](N)[C@@H](O)CNc2c(NCCc3ccc(C)cc3C)c(=O)c2=O)C(C)C)ccc1OC. The van der Waals surface area contributed by atoms with Crippen molar-refractivity contribution in [1.82, 2.24) is 0 Å². The Kier molecular flexibility index (Phi) is 13.0. The van der Waals surface area contributed by atoms with Crippen molar-refractivity contribution in [2.45, 2.75) is 65.5 Å². The molecule has 9 nitrogen and oxygen atoms in total. The summed E-state index contributed by atoms with van der Waals surface area (Å²) in [7, 11) is 3.29. The van der Waals surface area contributed by atoms with E-state index in [9.17, 15) is 14.7 Å².